The quantitative estimate of drug-likeness (QED) is 0.736. The molecule has 1 aromatic rings. The molecular weight excluding hydrogens is 250 g/mol. The minimum atomic E-state index is 0.518. The van der Waals surface area contributed by atoms with E-state index in [4.69, 9.17) is 21.1 Å². The highest BCUT2D eigenvalue weighted by molar-refractivity contribution is 6.25. The molecule has 0 aromatic heterocycles. The Morgan fingerprint density at radius 3 is 3.00 bits per heavy atom. The lowest BCUT2D eigenvalue weighted by Crippen LogP contribution is -2.18. The van der Waals surface area contributed by atoms with Gasteiger partial charge in [-0.1, -0.05) is 23.7 Å². The molecule has 0 fully saturated rings. The third-order valence-electron chi connectivity index (χ3n) is 2.36. The van der Waals surface area contributed by atoms with Crippen molar-refractivity contribution < 1.29 is 9.47 Å². The number of methoxy groups -OCH3 is 1. The van der Waals surface area contributed by atoms with Crippen LogP contribution in [0.3, 0.4) is 0 Å². The Bertz CT molecular complexity index is 380. The van der Waals surface area contributed by atoms with Gasteiger partial charge in [-0.05, 0) is 30.2 Å². The first-order chi connectivity index (χ1) is 8.76. The molecule has 4 heteroatoms. The van der Waals surface area contributed by atoms with Crippen molar-refractivity contribution in [3.05, 3.63) is 40.9 Å². The van der Waals surface area contributed by atoms with E-state index < -0.39 is 0 Å². The zero-order valence-corrected chi connectivity index (χ0v) is 11.7. The summed E-state index contributed by atoms with van der Waals surface area (Å²) in [5.74, 6) is 0.860. The second-order valence-corrected chi connectivity index (χ2v) is 4.28. The molecule has 1 N–H and O–H groups in total. The summed E-state index contributed by atoms with van der Waals surface area (Å²) in [6, 6.07) is 8.03. The fourth-order valence-corrected chi connectivity index (χ4v) is 1.44. The van der Waals surface area contributed by atoms with Gasteiger partial charge in [0, 0.05) is 25.7 Å². The van der Waals surface area contributed by atoms with E-state index >= 15 is 0 Å². The number of rotatable bonds is 8. The van der Waals surface area contributed by atoms with E-state index in [-0.39, 0.29) is 0 Å². The molecule has 0 saturated carbocycles. The molecule has 0 aliphatic rings. The summed E-state index contributed by atoms with van der Waals surface area (Å²) in [5, 5.41) is 3.29. The van der Waals surface area contributed by atoms with Gasteiger partial charge in [0.15, 0.2) is 0 Å². The average Bonchev–Trinajstić information content (AvgIpc) is 2.41. The number of benzene rings is 1. The summed E-state index contributed by atoms with van der Waals surface area (Å²) >= 11 is 5.58. The summed E-state index contributed by atoms with van der Waals surface area (Å²) in [4.78, 5) is 0. The average molecular weight is 270 g/mol. The van der Waals surface area contributed by atoms with Gasteiger partial charge in [-0.3, -0.25) is 0 Å². The minimum absolute atomic E-state index is 0.518. The molecule has 0 radical (unpaired) electrons. The van der Waals surface area contributed by atoms with Crippen molar-refractivity contribution in [2.75, 3.05) is 26.9 Å². The van der Waals surface area contributed by atoms with Crippen LogP contribution in [0.2, 0.25) is 0 Å². The van der Waals surface area contributed by atoms with E-state index in [1.54, 1.807) is 7.11 Å². The molecule has 0 aliphatic heterocycles. The third kappa shape index (κ3) is 6.05. The van der Waals surface area contributed by atoms with Crippen LogP contribution < -0.4 is 10.1 Å². The van der Waals surface area contributed by atoms with E-state index in [2.05, 4.69) is 11.4 Å². The second-order valence-electron chi connectivity index (χ2n) is 4.06. The Balaban J connectivity index is 2.41. The lowest BCUT2D eigenvalue weighted by molar-refractivity contribution is 0.199. The van der Waals surface area contributed by atoms with Gasteiger partial charge in [0.2, 0.25) is 0 Å². The fourth-order valence-electron chi connectivity index (χ4n) is 1.38. The maximum absolute atomic E-state index is 5.62. The van der Waals surface area contributed by atoms with Crippen LogP contribution in [0.1, 0.15) is 12.5 Å². The highest BCUT2D eigenvalue weighted by Crippen LogP contribution is 2.14. The number of nitrogens with one attached hydrogen (secondary N) is 1. The summed E-state index contributed by atoms with van der Waals surface area (Å²) in [7, 11) is 1.70. The Morgan fingerprint density at radius 1 is 1.44 bits per heavy atom. The van der Waals surface area contributed by atoms with Gasteiger partial charge >= 0.3 is 0 Å². The largest absolute Gasteiger partial charge is 0.489 e. The topological polar surface area (TPSA) is 30.5 Å². The first kappa shape index (κ1) is 15.0. The first-order valence-corrected chi connectivity index (χ1v) is 6.37. The lowest BCUT2D eigenvalue weighted by Gasteiger charge is -2.08. The molecule has 18 heavy (non-hydrogen) atoms. The van der Waals surface area contributed by atoms with Crippen LogP contribution in [0.25, 0.3) is 0 Å². The van der Waals surface area contributed by atoms with E-state index in [9.17, 15) is 0 Å². The molecule has 3 nitrogen and oxygen atoms in total. The molecule has 0 atom stereocenters. The maximum Gasteiger partial charge on any atom is 0.120 e. The predicted octanol–water partition coefficient (Wildman–Crippen LogP) is 2.94. The van der Waals surface area contributed by atoms with E-state index in [1.165, 1.54) is 11.1 Å². The number of halogens is 1. The van der Waals surface area contributed by atoms with E-state index in [0.29, 0.717) is 6.61 Å². The molecule has 0 saturated heterocycles. The minimum Gasteiger partial charge on any atom is -0.489 e. The predicted molar refractivity (Wildman–Crippen MR) is 75.1 cm³/mol. The van der Waals surface area contributed by atoms with Gasteiger partial charge < -0.3 is 14.8 Å². The van der Waals surface area contributed by atoms with Crippen molar-refractivity contribution in [3.63, 3.8) is 0 Å². The smallest absolute Gasteiger partial charge is 0.120 e. The highest BCUT2D eigenvalue weighted by Gasteiger charge is 1.97. The van der Waals surface area contributed by atoms with Crippen molar-refractivity contribution in [3.8, 4) is 5.75 Å². The zero-order valence-electron chi connectivity index (χ0n) is 10.9. The molecule has 0 spiro atoms. The van der Waals surface area contributed by atoms with Gasteiger partial charge in [0.25, 0.3) is 0 Å². The molecular formula is C14H20ClNO2. The monoisotopic (exact) mass is 269 g/mol. The normalized spacial score (nSPS) is 11.6. The maximum atomic E-state index is 5.62. The molecule has 0 aliphatic carbocycles. The fraction of sp³-hybridized carbons (Fsp3) is 0.429. The molecule has 0 bridgehead atoms. The van der Waals surface area contributed by atoms with Crippen LogP contribution >= 0.6 is 11.6 Å². The standard InChI is InChI=1S/C14H20ClNO2/c1-12(9-15)11-18-14-5-3-4-13(8-14)10-16-6-7-17-2/h3-5,8-9,16H,6-7,10-11H2,1-2H3/b12-9+. The van der Waals surface area contributed by atoms with Crippen LogP contribution in [-0.4, -0.2) is 26.9 Å². The summed E-state index contributed by atoms with van der Waals surface area (Å²) in [6.07, 6.45) is 0. The van der Waals surface area contributed by atoms with Crippen LogP contribution in [-0.2, 0) is 11.3 Å². The van der Waals surface area contributed by atoms with E-state index in [0.717, 1.165) is 31.0 Å². The zero-order chi connectivity index (χ0) is 13.2. The van der Waals surface area contributed by atoms with Gasteiger partial charge in [-0.2, -0.15) is 0 Å². The Morgan fingerprint density at radius 2 is 2.28 bits per heavy atom. The van der Waals surface area contributed by atoms with Crippen molar-refractivity contribution in [2.24, 2.45) is 0 Å². The Kier molecular flexibility index (Phi) is 7.49. The van der Waals surface area contributed by atoms with Crippen molar-refractivity contribution in [1.82, 2.24) is 5.32 Å². The van der Waals surface area contributed by atoms with Crippen LogP contribution in [0.5, 0.6) is 5.75 Å². The summed E-state index contributed by atoms with van der Waals surface area (Å²) in [5.41, 5.74) is 3.73. The van der Waals surface area contributed by atoms with Crippen molar-refractivity contribution in [2.45, 2.75) is 13.5 Å². The third-order valence-corrected chi connectivity index (χ3v) is 2.74. The van der Waals surface area contributed by atoms with E-state index in [1.807, 2.05) is 25.1 Å². The SMILES string of the molecule is COCCNCc1cccc(OC/C(C)=C/Cl)c1. The van der Waals surface area contributed by atoms with Gasteiger partial charge in [-0.15, -0.1) is 0 Å². The molecule has 0 heterocycles. The second kappa shape index (κ2) is 8.97. The van der Waals surface area contributed by atoms with Gasteiger partial charge in [0.1, 0.15) is 12.4 Å². The number of hydrogen-bond donors (Lipinski definition) is 1. The Labute approximate surface area is 114 Å². The molecule has 0 unspecified atom stereocenters. The molecule has 1 rings (SSSR count). The molecule has 0 amide bonds. The van der Waals surface area contributed by atoms with Crippen LogP contribution in [0, 0.1) is 0 Å². The first-order valence-electron chi connectivity index (χ1n) is 5.93. The highest BCUT2D eigenvalue weighted by atomic mass is 35.5. The molecule has 1 aromatic carbocycles. The summed E-state index contributed by atoms with van der Waals surface area (Å²) < 4.78 is 10.6. The number of hydrogen-bond acceptors (Lipinski definition) is 3. The van der Waals surface area contributed by atoms with Crippen LogP contribution in [0.4, 0.5) is 0 Å². The molecule has 100 valence electrons. The number of ether oxygens (including phenoxy) is 2. The summed E-state index contributed by atoms with van der Waals surface area (Å²) in [6.45, 7) is 4.82. The van der Waals surface area contributed by atoms with Crippen molar-refractivity contribution >= 4 is 11.6 Å². The Hall–Kier alpha value is -1.03. The van der Waals surface area contributed by atoms with Crippen molar-refractivity contribution in [1.29, 1.82) is 0 Å². The lowest BCUT2D eigenvalue weighted by atomic mass is 10.2. The van der Waals surface area contributed by atoms with Gasteiger partial charge in [0.05, 0.1) is 6.61 Å². The van der Waals surface area contributed by atoms with Gasteiger partial charge in [-0.25, -0.2) is 0 Å². The van der Waals surface area contributed by atoms with Crippen LogP contribution in [0.15, 0.2) is 35.4 Å².